The van der Waals surface area contributed by atoms with Crippen molar-refractivity contribution in [1.82, 2.24) is 9.80 Å². The van der Waals surface area contributed by atoms with E-state index in [4.69, 9.17) is 5.11 Å². The summed E-state index contributed by atoms with van der Waals surface area (Å²) in [6.07, 6.45) is 0.0530. The summed E-state index contributed by atoms with van der Waals surface area (Å²) < 4.78 is 0. The molecule has 0 saturated carbocycles. The van der Waals surface area contributed by atoms with Gasteiger partial charge in [-0.25, -0.2) is 0 Å². The molecule has 5 heteroatoms. The van der Waals surface area contributed by atoms with Crippen molar-refractivity contribution >= 4 is 11.9 Å². The van der Waals surface area contributed by atoms with Gasteiger partial charge in [-0.05, 0) is 14.1 Å². The van der Waals surface area contributed by atoms with E-state index in [9.17, 15) is 9.59 Å². The third-order valence-electron chi connectivity index (χ3n) is 2.50. The van der Waals surface area contributed by atoms with Crippen LogP contribution in [0.4, 0.5) is 0 Å². The van der Waals surface area contributed by atoms with Crippen LogP contribution in [0.15, 0.2) is 0 Å². The first-order chi connectivity index (χ1) is 6.50. The molecular weight excluding hydrogens is 184 g/mol. The number of rotatable bonds is 4. The van der Waals surface area contributed by atoms with Crippen molar-refractivity contribution < 1.29 is 14.7 Å². The smallest absolute Gasteiger partial charge is 0.303 e. The summed E-state index contributed by atoms with van der Waals surface area (Å²) in [6.45, 7) is 1.46. The number of aliphatic carboxylic acids is 1. The van der Waals surface area contributed by atoms with Crippen LogP contribution in [-0.2, 0) is 9.59 Å². The molecule has 1 aliphatic rings. The summed E-state index contributed by atoms with van der Waals surface area (Å²) in [5.74, 6) is -0.964. The molecule has 80 valence electrons. The number of likely N-dealkylation sites (N-methyl/N-ethyl adjacent to an activating group) is 1. The average Bonchev–Trinajstić information content (AvgIpc) is 1.97. The molecule has 1 aliphatic heterocycles. The fourth-order valence-electron chi connectivity index (χ4n) is 1.36. The monoisotopic (exact) mass is 200 g/mol. The van der Waals surface area contributed by atoms with E-state index in [2.05, 4.69) is 4.90 Å². The summed E-state index contributed by atoms with van der Waals surface area (Å²) in [5, 5.41) is 8.40. The number of likely N-dealkylation sites (tertiary alicyclic amines) is 1. The lowest BCUT2D eigenvalue weighted by molar-refractivity contribution is -0.143. The zero-order valence-corrected chi connectivity index (χ0v) is 8.56. The maximum atomic E-state index is 11.3. The highest BCUT2D eigenvalue weighted by molar-refractivity contribution is 5.81. The SMILES string of the molecule is CN(C)C1CN(C(=O)CCC(=O)O)C1. The van der Waals surface area contributed by atoms with Gasteiger partial charge in [-0.1, -0.05) is 0 Å². The molecule has 5 nitrogen and oxygen atoms in total. The largest absolute Gasteiger partial charge is 0.481 e. The molecule has 0 spiro atoms. The molecule has 0 aromatic heterocycles. The Hall–Kier alpha value is -1.10. The Labute approximate surface area is 83.3 Å². The summed E-state index contributed by atoms with van der Waals surface area (Å²) in [5.41, 5.74) is 0. The summed E-state index contributed by atoms with van der Waals surface area (Å²) in [7, 11) is 3.95. The lowest BCUT2D eigenvalue weighted by Crippen LogP contribution is -2.59. The van der Waals surface area contributed by atoms with Gasteiger partial charge >= 0.3 is 5.97 Å². The van der Waals surface area contributed by atoms with Crippen LogP contribution >= 0.6 is 0 Å². The first-order valence-corrected chi connectivity index (χ1v) is 4.66. The predicted octanol–water partition coefficient (Wildman–Crippen LogP) is -0.376. The van der Waals surface area contributed by atoms with Gasteiger partial charge < -0.3 is 14.9 Å². The molecule has 0 aliphatic carbocycles. The number of carboxylic acid groups (broad SMARTS) is 1. The zero-order valence-electron chi connectivity index (χ0n) is 8.56. The lowest BCUT2D eigenvalue weighted by atomic mass is 10.1. The van der Waals surface area contributed by atoms with Crippen LogP contribution in [-0.4, -0.2) is 60.0 Å². The highest BCUT2D eigenvalue weighted by atomic mass is 16.4. The Kier molecular flexibility index (Phi) is 3.46. The van der Waals surface area contributed by atoms with Crippen molar-refractivity contribution in [2.75, 3.05) is 27.2 Å². The van der Waals surface area contributed by atoms with Crippen LogP contribution in [0.5, 0.6) is 0 Å². The molecule has 1 rings (SSSR count). The van der Waals surface area contributed by atoms with Crippen molar-refractivity contribution in [2.45, 2.75) is 18.9 Å². The summed E-state index contributed by atoms with van der Waals surface area (Å²) in [6, 6.07) is 0.434. The molecule has 0 unspecified atom stereocenters. The van der Waals surface area contributed by atoms with E-state index < -0.39 is 5.97 Å². The van der Waals surface area contributed by atoms with Crippen molar-refractivity contribution in [3.05, 3.63) is 0 Å². The second kappa shape index (κ2) is 4.41. The Morgan fingerprint density at radius 3 is 2.36 bits per heavy atom. The maximum Gasteiger partial charge on any atom is 0.303 e. The molecule has 14 heavy (non-hydrogen) atoms. The minimum atomic E-state index is -0.914. The van der Waals surface area contributed by atoms with Crippen LogP contribution in [0.3, 0.4) is 0 Å². The highest BCUT2D eigenvalue weighted by Gasteiger charge is 2.31. The summed E-state index contributed by atoms with van der Waals surface area (Å²) in [4.78, 5) is 25.3. The normalized spacial score (nSPS) is 16.9. The molecule has 0 radical (unpaired) electrons. The molecule has 1 N–H and O–H groups in total. The van der Waals surface area contributed by atoms with Gasteiger partial charge in [0.1, 0.15) is 0 Å². The fourth-order valence-corrected chi connectivity index (χ4v) is 1.36. The Bertz CT molecular complexity index is 234. The van der Waals surface area contributed by atoms with Crippen LogP contribution < -0.4 is 0 Å². The molecule has 0 atom stereocenters. The standard InChI is InChI=1S/C9H16N2O3/c1-10(2)7-5-11(6-7)8(12)3-4-9(13)14/h7H,3-6H2,1-2H3,(H,13,14). The third-order valence-corrected chi connectivity index (χ3v) is 2.50. The number of carboxylic acids is 1. The predicted molar refractivity (Wildman–Crippen MR) is 50.9 cm³/mol. The van der Waals surface area contributed by atoms with Crippen molar-refractivity contribution in [3.63, 3.8) is 0 Å². The highest BCUT2D eigenvalue weighted by Crippen LogP contribution is 2.13. The van der Waals surface area contributed by atoms with Crippen LogP contribution in [0.25, 0.3) is 0 Å². The van der Waals surface area contributed by atoms with E-state index in [1.807, 2.05) is 14.1 Å². The molecule has 1 amide bonds. The first-order valence-electron chi connectivity index (χ1n) is 4.66. The third kappa shape index (κ3) is 2.70. The number of nitrogens with zero attached hydrogens (tertiary/aromatic N) is 2. The first kappa shape index (κ1) is 11.0. The molecule has 1 fully saturated rings. The maximum absolute atomic E-state index is 11.3. The van der Waals surface area contributed by atoms with Gasteiger partial charge in [0.25, 0.3) is 0 Å². The molecule has 0 aromatic carbocycles. The van der Waals surface area contributed by atoms with Gasteiger partial charge in [0.15, 0.2) is 0 Å². The van der Waals surface area contributed by atoms with E-state index in [1.54, 1.807) is 4.90 Å². The average molecular weight is 200 g/mol. The molecule has 0 aromatic rings. The van der Waals surface area contributed by atoms with Crippen molar-refractivity contribution in [3.8, 4) is 0 Å². The van der Waals surface area contributed by atoms with Gasteiger partial charge in [-0.3, -0.25) is 9.59 Å². The molecular formula is C9H16N2O3. The molecule has 1 saturated heterocycles. The Morgan fingerprint density at radius 2 is 1.93 bits per heavy atom. The number of carbonyl (C=O) groups is 2. The minimum Gasteiger partial charge on any atom is -0.481 e. The van der Waals surface area contributed by atoms with E-state index in [0.717, 1.165) is 13.1 Å². The van der Waals surface area contributed by atoms with Gasteiger partial charge in [0.05, 0.1) is 6.42 Å². The Morgan fingerprint density at radius 1 is 1.36 bits per heavy atom. The Balaban J connectivity index is 2.19. The second-order valence-corrected chi connectivity index (χ2v) is 3.81. The van der Waals surface area contributed by atoms with E-state index >= 15 is 0 Å². The van der Waals surface area contributed by atoms with Gasteiger partial charge in [-0.15, -0.1) is 0 Å². The van der Waals surface area contributed by atoms with Crippen LogP contribution in [0, 0.1) is 0 Å². The van der Waals surface area contributed by atoms with Gasteiger partial charge in [0, 0.05) is 25.6 Å². The van der Waals surface area contributed by atoms with Gasteiger partial charge in [-0.2, -0.15) is 0 Å². The number of carbonyl (C=O) groups excluding carboxylic acids is 1. The fraction of sp³-hybridized carbons (Fsp3) is 0.778. The van der Waals surface area contributed by atoms with E-state index in [-0.39, 0.29) is 18.7 Å². The van der Waals surface area contributed by atoms with Gasteiger partial charge in [0.2, 0.25) is 5.91 Å². The van der Waals surface area contributed by atoms with Crippen molar-refractivity contribution in [1.29, 1.82) is 0 Å². The quantitative estimate of drug-likeness (QED) is 0.672. The minimum absolute atomic E-state index is 0.0505. The van der Waals surface area contributed by atoms with E-state index in [0.29, 0.717) is 6.04 Å². The molecule has 1 heterocycles. The van der Waals surface area contributed by atoms with Crippen LogP contribution in [0.2, 0.25) is 0 Å². The van der Waals surface area contributed by atoms with Crippen LogP contribution in [0.1, 0.15) is 12.8 Å². The zero-order chi connectivity index (χ0) is 10.7. The molecule has 0 bridgehead atoms. The second-order valence-electron chi connectivity index (χ2n) is 3.81. The lowest BCUT2D eigenvalue weighted by Gasteiger charge is -2.42. The number of amides is 1. The summed E-state index contributed by atoms with van der Waals surface area (Å²) >= 11 is 0. The topological polar surface area (TPSA) is 60.9 Å². The van der Waals surface area contributed by atoms with E-state index in [1.165, 1.54) is 0 Å². The van der Waals surface area contributed by atoms with Crippen molar-refractivity contribution in [2.24, 2.45) is 0 Å². The number of hydrogen-bond donors (Lipinski definition) is 1. The number of hydrogen-bond acceptors (Lipinski definition) is 3.